The van der Waals surface area contributed by atoms with Gasteiger partial charge in [-0.2, -0.15) is 0 Å². The molecule has 2 atom stereocenters. The maximum atomic E-state index is 12.8. The molecule has 15 heavy (non-hydrogen) atoms. The zero-order valence-electron chi connectivity index (χ0n) is 9.04. The van der Waals surface area contributed by atoms with Crippen LogP contribution in [0.2, 0.25) is 0 Å². The summed E-state index contributed by atoms with van der Waals surface area (Å²) >= 11 is 0. The van der Waals surface area contributed by atoms with E-state index >= 15 is 0 Å². The molecule has 1 aliphatic rings. The van der Waals surface area contributed by atoms with E-state index in [-0.39, 0.29) is 5.82 Å². The Labute approximate surface area is 89.9 Å². The van der Waals surface area contributed by atoms with Gasteiger partial charge in [0.2, 0.25) is 0 Å². The molecule has 0 aliphatic heterocycles. The van der Waals surface area contributed by atoms with Crippen LogP contribution < -0.4 is 0 Å². The summed E-state index contributed by atoms with van der Waals surface area (Å²) in [6, 6.07) is 6.25. The first-order chi connectivity index (χ1) is 7.10. The molecule has 0 heterocycles. The normalized spacial score (nSPS) is 31.5. The molecule has 1 saturated carbocycles. The van der Waals surface area contributed by atoms with Gasteiger partial charge in [-0.25, -0.2) is 4.39 Å². The summed E-state index contributed by atoms with van der Waals surface area (Å²) in [4.78, 5) is 0. The Hall–Kier alpha value is -0.890. The molecule has 0 saturated heterocycles. The van der Waals surface area contributed by atoms with Gasteiger partial charge in [-0.1, -0.05) is 25.5 Å². The van der Waals surface area contributed by atoms with Crippen molar-refractivity contribution in [3.8, 4) is 0 Å². The van der Waals surface area contributed by atoms with Gasteiger partial charge >= 0.3 is 0 Å². The van der Waals surface area contributed by atoms with Gasteiger partial charge in [-0.15, -0.1) is 0 Å². The minimum Gasteiger partial charge on any atom is -0.385 e. The van der Waals surface area contributed by atoms with Crippen LogP contribution in [-0.4, -0.2) is 5.11 Å². The lowest BCUT2D eigenvalue weighted by Gasteiger charge is -2.36. The fourth-order valence-corrected chi connectivity index (χ4v) is 2.55. The molecular weight excluding hydrogens is 191 g/mol. The highest BCUT2D eigenvalue weighted by Gasteiger charge is 2.33. The smallest absolute Gasteiger partial charge is 0.123 e. The predicted octanol–water partition coefficient (Wildman–Crippen LogP) is 3.22. The van der Waals surface area contributed by atoms with Crippen molar-refractivity contribution in [1.29, 1.82) is 0 Å². The lowest BCUT2D eigenvalue weighted by Crippen LogP contribution is -2.31. The van der Waals surface area contributed by atoms with Crippen LogP contribution >= 0.6 is 0 Å². The first-order valence-electron chi connectivity index (χ1n) is 5.58. The summed E-state index contributed by atoms with van der Waals surface area (Å²) in [5.41, 5.74) is 0.126. The number of benzene rings is 1. The molecule has 1 aromatic carbocycles. The van der Waals surface area contributed by atoms with Gasteiger partial charge < -0.3 is 5.11 Å². The predicted molar refractivity (Wildman–Crippen MR) is 57.9 cm³/mol. The van der Waals surface area contributed by atoms with Crippen LogP contribution in [0, 0.1) is 11.7 Å². The van der Waals surface area contributed by atoms with E-state index in [0.717, 1.165) is 24.8 Å². The van der Waals surface area contributed by atoms with Gasteiger partial charge in [0.05, 0.1) is 5.60 Å². The molecule has 1 fully saturated rings. The number of aliphatic hydroxyl groups is 1. The first kappa shape index (κ1) is 10.6. The largest absolute Gasteiger partial charge is 0.385 e. The standard InChI is InChI=1S/C13H17FO/c1-10-3-2-8-13(15,9-10)11-4-6-12(14)7-5-11/h4-7,10,15H,2-3,8-9H2,1H3/t10-,13-/m1/s1. The van der Waals surface area contributed by atoms with E-state index in [1.807, 2.05) is 0 Å². The van der Waals surface area contributed by atoms with Gasteiger partial charge in [-0.3, -0.25) is 0 Å². The van der Waals surface area contributed by atoms with Gasteiger partial charge in [0.25, 0.3) is 0 Å². The Morgan fingerprint density at radius 3 is 2.60 bits per heavy atom. The van der Waals surface area contributed by atoms with Crippen LogP contribution in [0.5, 0.6) is 0 Å². The summed E-state index contributed by atoms with van der Waals surface area (Å²) in [6.45, 7) is 2.16. The summed E-state index contributed by atoms with van der Waals surface area (Å²) in [5.74, 6) is 0.306. The van der Waals surface area contributed by atoms with Gasteiger partial charge in [-0.05, 0) is 42.9 Å². The van der Waals surface area contributed by atoms with E-state index in [0.29, 0.717) is 5.92 Å². The van der Waals surface area contributed by atoms with Crippen molar-refractivity contribution < 1.29 is 9.50 Å². The van der Waals surface area contributed by atoms with Crippen LogP contribution in [0.15, 0.2) is 24.3 Å². The second-order valence-corrected chi connectivity index (χ2v) is 4.74. The van der Waals surface area contributed by atoms with Crippen molar-refractivity contribution >= 4 is 0 Å². The lowest BCUT2D eigenvalue weighted by molar-refractivity contribution is -0.0179. The second-order valence-electron chi connectivity index (χ2n) is 4.74. The molecule has 2 heteroatoms. The third-order valence-electron chi connectivity index (χ3n) is 3.35. The van der Waals surface area contributed by atoms with Crippen LogP contribution in [0.4, 0.5) is 4.39 Å². The average molecular weight is 208 g/mol. The van der Waals surface area contributed by atoms with Crippen molar-refractivity contribution in [1.82, 2.24) is 0 Å². The molecule has 0 radical (unpaired) electrons. The Bertz CT molecular complexity index is 333. The molecule has 82 valence electrons. The molecule has 0 amide bonds. The van der Waals surface area contributed by atoms with Crippen LogP contribution in [0.1, 0.15) is 38.2 Å². The number of hydrogen-bond donors (Lipinski definition) is 1. The minimum absolute atomic E-state index is 0.244. The van der Waals surface area contributed by atoms with Crippen molar-refractivity contribution in [2.45, 2.75) is 38.2 Å². The Morgan fingerprint density at radius 1 is 1.33 bits per heavy atom. The monoisotopic (exact) mass is 208 g/mol. The Kier molecular flexibility index (Phi) is 2.79. The molecule has 1 N–H and O–H groups in total. The van der Waals surface area contributed by atoms with Gasteiger partial charge in [0.15, 0.2) is 0 Å². The fraction of sp³-hybridized carbons (Fsp3) is 0.538. The number of hydrogen-bond acceptors (Lipinski definition) is 1. The highest BCUT2D eigenvalue weighted by Crippen LogP contribution is 2.39. The van der Waals surface area contributed by atoms with E-state index in [9.17, 15) is 9.50 Å². The summed E-state index contributed by atoms with van der Waals surface area (Å²) < 4.78 is 12.8. The summed E-state index contributed by atoms with van der Waals surface area (Å²) in [6.07, 6.45) is 3.82. The van der Waals surface area contributed by atoms with E-state index in [4.69, 9.17) is 0 Å². The Morgan fingerprint density at radius 2 is 2.00 bits per heavy atom. The third-order valence-corrected chi connectivity index (χ3v) is 3.35. The Balaban J connectivity index is 2.24. The SMILES string of the molecule is C[C@@H]1CCC[C@](O)(c2ccc(F)cc2)C1. The van der Waals surface area contributed by atoms with Crippen molar-refractivity contribution in [2.75, 3.05) is 0 Å². The molecule has 1 nitrogen and oxygen atoms in total. The van der Waals surface area contributed by atoms with E-state index in [1.54, 1.807) is 12.1 Å². The first-order valence-corrected chi connectivity index (χ1v) is 5.58. The topological polar surface area (TPSA) is 20.2 Å². The fourth-order valence-electron chi connectivity index (χ4n) is 2.55. The molecule has 0 bridgehead atoms. The van der Waals surface area contributed by atoms with Gasteiger partial charge in [0, 0.05) is 0 Å². The molecule has 0 spiro atoms. The number of halogens is 1. The molecule has 0 unspecified atom stereocenters. The van der Waals surface area contributed by atoms with E-state index < -0.39 is 5.60 Å². The van der Waals surface area contributed by atoms with Crippen LogP contribution in [0.25, 0.3) is 0 Å². The van der Waals surface area contributed by atoms with Crippen molar-refractivity contribution in [3.05, 3.63) is 35.6 Å². The summed E-state index contributed by atoms with van der Waals surface area (Å²) in [7, 11) is 0. The molecular formula is C13H17FO. The lowest BCUT2D eigenvalue weighted by atomic mass is 9.75. The van der Waals surface area contributed by atoms with Gasteiger partial charge in [0.1, 0.15) is 5.82 Å². The zero-order chi connectivity index (χ0) is 10.9. The molecule has 1 aliphatic carbocycles. The van der Waals surface area contributed by atoms with Crippen molar-refractivity contribution in [3.63, 3.8) is 0 Å². The quantitative estimate of drug-likeness (QED) is 0.751. The average Bonchev–Trinajstić information content (AvgIpc) is 2.18. The highest BCUT2D eigenvalue weighted by molar-refractivity contribution is 5.23. The second kappa shape index (κ2) is 3.93. The van der Waals surface area contributed by atoms with Crippen LogP contribution in [0.3, 0.4) is 0 Å². The van der Waals surface area contributed by atoms with Crippen LogP contribution in [-0.2, 0) is 5.60 Å². The van der Waals surface area contributed by atoms with E-state index in [1.165, 1.54) is 18.6 Å². The molecule has 1 aromatic rings. The van der Waals surface area contributed by atoms with E-state index in [2.05, 4.69) is 6.92 Å². The zero-order valence-corrected chi connectivity index (χ0v) is 9.04. The molecule has 0 aromatic heterocycles. The maximum Gasteiger partial charge on any atom is 0.123 e. The minimum atomic E-state index is -0.731. The summed E-state index contributed by atoms with van der Waals surface area (Å²) in [5, 5.41) is 10.5. The third kappa shape index (κ3) is 2.20. The highest BCUT2D eigenvalue weighted by atomic mass is 19.1. The molecule has 2 rings (SSSR count). The van der Waals surface area contributed by atoms with Crippen molar-refractivity contribution in [2.24, 2.45) is 5.92 Å². The number of rotatable bonds is 1. The maximum absolute atomic E-state index is 12.8.